The maximum atomic E-state index is 5.99. The third-order valence-corrected chi connectivity index (χ3v) is 5.26. The molecule has 2 heterocycles. The average Bonchev–Trinajstić information content (AvgIpc) is 3.22. The first-order valence-electron chi connectivity index (χ1n) is 9.56. The van der Waals surface area contributed by atoms with Gasteiger partial charge in [0.1, 0.15) is 6.54 Å². The molecule has 0 bridgehead atoms. The Balaban J connectivity index is 0.00000288. The van der Waals surface area contributed by atoms with Crippen molar-refractivity contribution in [3.8, 4) is 0 Å². The number of thiazole rings is 1. The molecule has 2 atom stereocenters. The molecule has 0 N–H and O–H groups in total. The number of nitrogens with zero attached hydrogens (tertiary/aromatic N) is 1. The Morgan fingerprint density at radius 1 is 1.08 bits per heavy atom. The molecule has 0 amide bonds. The molecule has 2 unspecified atom stereocenters. The van der Waals surface area contributed by atoms with Crippen LogP contribution in [-0.2, 0) is 16.0 Å². The van der Waals surface area contributed by atoms with Crippen LogP contribution < -0.4 is 17.0 Å². The summed E-state index contributed by atoms with van der Waals surface area (Å²) >= 11 is 1.76. The van der Waals surface area contributed by atoms with Crippen molar-refractivity contribution in [3.05, 3.63) is 17.1 Å². The number of halogens is 1. The molecule has 0 aliphatic carbocycles. The second-order valence-electron chi connectivity index (χ2n) is 6.66. The number of aromatic nitrogens is 1. The average molecular weight is 376 g/mol. The number of unbranched alkanes of at least 4 members (excludes halogenated alkanes) is 6. The maximum Gasteiger partial charge on any atom is 0.224 e. The van der Waals surface area contributed by atoms with E-state index >= 15 is 0 Å². The molecule has 1 aromatic rings. The molecule has 0 aromatic carbocycles. The van der Waals surface area contributed by atoms with E-state index in [4.69, 9.17) is 9.47 Å². The van der Waals surface area contributed by atoms with Crippen molar-refractivity contribution >= 4 is 11.3 Å². The molecule has 3 nitrogen and oxygen atoms in total. The number of rotatable bonds is 13. The first kappa shape index (κ1) is 21.9. The molecule has 0 radical (unpaired) electrons. The van der Waals surface area contributed by atoms with Crippen LogP contribution in [0.5, 0.6) is 0 Å². The van der Waals surface area contributed by atoms with Gasteiger partial charge in [-0.3, -0.25) is 0 Å². The van der Waals surface area contributed by atoms with Crippen LogP contribution in [0, 0.1) is 0 Å². The van der Waals surface area contributed by atoms with E-state index in [2.05, 4.69) is 28.6 Å². The maximum absolute atomic E-state index is 5.99. The van der Waals surface area contributed by atoms with Crippen molar-refractivity contribution in [1.82, 2.24) is 0 Å². The fourth-order valence-corrected chi connectivity index (χ4v) is 3.79. The van der Waals surface area contributed by atoms with E-state index < -0.39 is 0 Å². The van der Waals surface area contributed by atoms with Gasteiger partial charge < -0.3 is 21.9 Å². The second kappa shape index (κ2) is 14.1. The summed E-state index contributed by atoms with van der Waals surface area (Å²) in [5.41, 5.74) is 2.18. The van der Waals surface area contributed by atoms with Gasteiger partial charge >= 0.3 is 0 Å². The van der Waals surface area contributed by atoms with Crippen LogP contribution in [0.2, 0.25) is 0 Å². The molecular formula is C19H34ClNO2S. The molecule has 24 heavy (non-hydrogen) atoms. The molecule has 1 saturated heterocycles. The van der Waals surface area contributed by atoms with Crippen LogP contribution in [0.1, 0.15) is 77.6 Å². The normalized spacial score (nSPS) is 20.2. The molecule has 140 valence electrons. The standard InChI is InChI=1S/C19H34NO2S.ClH/c1-2-3-4-7-10-18-11-12-19(22-18)21-15-9-6-5-8-13-20-14-16-23-17-20;/h14,16-19H,2-13,15H2,1H3;1H/q+1;/p-1. The molecule has 1 aromatic heterocycles. The second-order valence-corrected chi connectivity index (χ2v) is 7.42. The van der Waals surface area contributed by atoms with E-state index in [0.29, 0.717) is 6.10 Å². The fraction of sp³-hybridized carbons (Fsp3) is 0.842. The van der Waals surface area contributed by atoms with Crippen LogP contribution >= 0.6 is 11.3 Å². The smallest absolute Gasteiger partial charge is 0.224 e. The van der Waals surface area contributed by atoms with E-state index in [1.54, 1.807) is 11.3 Å². The Kier molecular flexibility index (Phi) is 12.8. The summed E-state index contributed by atoms with van der Waals surface area (Å²) in [6, 6.07) is 0. The Bertz CT molecular complexity index is 389. The zero-order chi connectivity index (χ0) is 16.2. The van der Waals surface area contributed by atoms with Gasteiger partial charge in [-0.15, -0.1) is 0 Å². The van der Waals surface area contributed by atoms with Gasteiger partial charge in [0, 0.05) is 19.4 Å². The molecule has 0 spiro atoms. The number of hydrogen-bond donors (Lipinski definition) is 0. The van der Waals surface area contributed by atoms with Crippen molar-refractivity contribution in [2.24, 2.45) is 0 Å². The van der Waals surface area contributed by atoms with E-state index in [1.807, 2.05) is 0 Å². The Hall–Kier alpha value is -0.160. The molecule has 1 aliphatic rings. The SMILES string of the molecule is CCCCCCC1CCC(OCCCCCC[n+]2ccsc2)O1.[Cl-]. The number of hydrogen-bond acceptors (Lipinski definition) is 3. The van der Waals surface area contributed by atoms with Gasteiger partial charge in [-0.05, 0) is 25.7 Å². The van der Waals surface area contributed by atoms with Gasteiger partial charge in [-0.25, -0.2) is 0 Å². The molecule has 2 rings (SSSR count). The van der Waals surface area contributed by atoms with Gasteiger partial charge in [-0.2, -0.15) is 4.57 Å². The van der Waals surface area contributed by atoms with Crippen molar-refractivity contribution in [2.75, 3.05) is 6.61 Å². The lowest BCUT2D eigenvalue weighted by molar-refractivity contribution is -0.692. The van der Waals surface area contributed by atoms with E-state index in [-0.39, 0.29) is 18.7 Å². The first-order valence-corrected chi connectivity index (χ1v) is 10.5. The Labute approximate surface area is 158 Å². The summed E-state index contributed by atoms with van der Waals surface area (Å²) in [7, 11) is 0. The quantitative estimate of drug-likeness (QED) is 0.389. The van der Waals surface area contributed by atoms with E-state index in [1.165, 1.54) is 57.8 Å². The Morgan fingerprint density at radius 2 is 1.92 bits per heavy atom. The number of aryl methyl sites for hydroxylation is 1. The summed E-state index contributed by atoms with van der Waals surface area (Å²) in [6.07, 6.45) is 16.5. The van der Waals surface area contributed by atoms with Crippen LogP contribution in [0.15, 0.2) is 17.1 Å². The first-order chi connectivity index (χ1) is 11.4. The predicted octanol–water partition coefficient (Wildman–Crippen LogP) is 2.09. The Morgan fingerprint density at radius 3 is 2.71 bits per heavy atom. The van der Waals surface area contributed by atoms with Crippen LogP contribution in [0.3, 0.4) is 0 Å². The molecule has 5 heteroatoms. The highest BCUT2D eigenvalue weighted by molar-refractivity contribution is 7.07. The zero-order valence-electron chi connectivity index (χ0n) is 15.1. The lowest BCUT2D eigenvalue weighted by Gasteiger charge is -2.14. The topological polar surface area (TPSA) is 22.3 Å². The highest BCUT2D eigenvalue weighted by Gasteiger charge is 2.24. The minimum absolute atomic E-state index is 0. The minimum atomic E-state index is 0. The zero-order valence-corrected chi connectivity index (χ0v) is 16.7. The minimum Gasteiger partial charge on any atom is -1.00 e. The van der Waals surface area contributed by atoms with Crippen molar-refractivity contribution in [1.29, 1.82) is 0 Å². The van der Waals surface area contributed by atoms with Gasteiger partial charge in [-0.1, -0.05) is 50.4 Å². The summed E-state index contributed by atoms with van der Waals surface area (Å²) in [5.74, 6) is 0. The van der Waals surface area contributed by atoms with Gasteiger partial charge in [0.25, 0.3) is 0 Å². The molecule has 1 aliphatic heterocycles. The third kappa shape index (κ3) is 9.36. The summed E-state index contributed by atoms with van der Waals surface area (Å²) in [5, 5.41) is 2.13. The largest absolute Gasteiger partial charge is 1.00 e. The van der Waals surface area contributed by atoms with Crippen LogP contribution in [0.4, 0.5) is 0 Å². The summed E-state index contributed by atoms with van der Waals surface area (Å²) in [4.78, 5) is 0. The lowest BCUT2D eigenvalue weighted by atomic mass is 10.1. The predicted molar refractivity (Wildman–Crippen MR) is 95.6 cm³/mol. The van der Waals surface area contributed by atoms with Gasteiger partial charge in [0.15, 0.2) is 12.5 Å². The van der Waals surface area contributed by atoms with Crippen molar-refractivity contribution in [3.63, 3.8) is 0 Å². The fourth-order valence-electron chi connectivity index (χ4n) is 3.16. The lowest BCUT2D eigenvalue weighted by Crippen LogP contribution is -3.00. The summed E-state index contributed by atoms with van der Waals surface area (Å²) in [6.45, 7) is 4.27. The number of ether oxygens (including phenoxy) is 2. The monoisotopic (exact) mass is 375 g/mol. The summed E-state index contributed by atoms with van der Waals surface area (Å²) < 4.78 is 14.2. The van der Waals surface area contributed by atoms with Gasteiger partial charge in [0.2, 0.25) is 5.51 Å². The van der Waals surface area contributed by atoms with Crippen molar-refractivity contribution < 1.29 is 26.4 Å². The highest BCUT2D eigenvalue weighted by Crippen LogP contribution is 2.25. The molecule has 0 saturated carbocycles. The van der Waals surface area contributed by atoms with Crippen molar-refractivity contribution in [2.45, 2.75) is 96.5 Å². The molecule has 1 fully saturated rings. The highest BCUT2D eigenvalue weighted by atomic mass is 35.5. The third-order valence-electron chi connectivity index (χ3n) is 4.59. The van der Waals surface area contributed by atoms with E-state index in [9.17, 15) is 0 Å². The van der Waals surface area contributed by atoms with Crippen LogP contribution in [-0.4, -0.2) is 19.0 Å². The van der Waals surface area contributed by atoms with E-state index in [0.717, 1.165) is 26.0 Å². The van der Waals surface area contributed by atoms with Gasteiger partial charge in [0.05, 0.1) is 11.5 Å². The molecular weight excluding hydrogens is 342 g/mol. The van der Waals surface area contributed by atoms with Crippen LogP contribution in [0.25, 0.3) is 0 Å².